The average Bonchev–Trinajstić information content (AvgIpc) is 3.41. The van der Waals surface area contributed by atoms with E-state index in [9.17, 15) is 19.0 Å². The number of hydrogen-bond donors (Lipinski definition) is 2. The normalized spacial score (nSPS) is 14.3. The summed E-state index contributed by atoms with van der Waals surface area (Å²) in [5, 5.41) is 3.03. The van der Waals surface area contributed by atoms with Crippen LogP contribution in [0, 0.1) is 0 Å². The molecule has 0 spiro atoms. The molecule has 0 bridgehead atoms. The third-order valence-electron chi connectivity index (χ3n) is 14.0. The van der Waals surface area contributed by atoms with E-state index >= 15 is 0 Å². The van der Waals surface area contributed by atoms with Gasteiger partial charge in [-0.3, -0.25) is 18.6 Å². The Bertz CT molecular complexity index is 1670. The highest BCUT2D eigenvalue weighted by molar-refractivity contribution is 7.47. The van der Waals surface area contributed by atoms with Crippen LogP contribution in [0.15, 0.2) is 97.2 Å². The Morgan fingerprint density at radius 2 is 0.810 bits per heavy atom. The second-order valence-electron chi connectivity index (χ2n) is 22.9. The van der Waals surface area contributed by atoms with Crippen molar-refractivity contribution in [2.75, 3.05) is 40.9 Å². The maximum Gasteiger partial charge on any atom is 0.472 e. The molecule has 0 rings (SSSR count). The quantitative estimate of drug-likeness (QED) is 0.0205. The summed E-state index contributed by atoms with van der Waals surface area (Å²) in [6.07, 6.45) is 78.5. The van der Waals surface area contributed by atoms with Crippen LogP contribution >= 0.6 is 7.82 Å². The van der Waals surface area contributed by atoms with E-state index < -0.39 is 20.0 Å². The van der Waals surface area contributed by atoms with Gasteiger partial charge in [0.25, 0.3) is 0 Å². The third-order valence-corrected chi connectivity index (χ3v) is 15.0. The van der Waals surface area contributed by atoms with Gasteiger partial charge in [-0.15, -0.1) is 0 Å². The average molecular weight is 1120 g/mol. The summed E-state index contributed by atoms with van der Waals surface area (Å²) in [6, 6.07) is -0.877. The van der Waals surface area contributed by atoms with Gasteiger partial charge in [0, 0.05) is 12.8 Å². The molecule has 0 saturated heterocycles. The highest BCUT2D eigenvalue weighted by atomic mass is 31.2. The zero-order chi connectivity index (χ0) is 57.9. The minimum absolute atomic E-state index is 0.0276. The lowest BCUT2D eigenvalue weighted by molar-refractivity contribution is -0.870. The van der Waals surface area contributed by atoms with Crippen molar-refractivity contribution in [1.82, 2.24) is 5.32 Å². The van der Waals surface area contributed by atoms with Crippen LogP contribution in [-0.4, -0.2) is 74.3 Å². The summed E-state index contributed by atoms with van der Waals surface area (Å²) >= 11 is 0. The molecular formula is C69H124N2O7P+. The van der Waals surface area contributed by atoms with Gasteiger partial charge < -0.3 is 19.4 Å². The molecule has 79 heavy (non-hydrogen) atoms. The van der Waals surface area contributed by atoms with Crippen molar-refractivity contribution in [2.24, 2.45) is 0 Å². The molecule has 456 valence electrons. The molecule has 3 atom stereocenters. The minimum Gasteiger partial charge on any atom is -0.456 e. The van der Waals surface area contributed by atoms with Gasteiger partial charge in [0.2, 0.25) is 5.91 Å². The Labute approximate surface area is 488 Å². The van der Waals surface area contributed by atoms with Gasteiger partial charge in [0.15, 0.2) is 0 Å². The number of ether oxygens (including phenoxy) is 1. The van der Waals surface area contributed by atoms with Crippen LogP contribution in [0.2, 0.25) is 0 Å². The molecule has 3 unspecified atom stereocenters. The van der Waals surface area contributed by atoms with Crippen molar-refractivity contribution in [3.05, 3.63) is 97.2 Å². The number of rotatable bonds is 58. The molecular weight excluding hydrogens is 1000 g/mol. The zero-order valence-electron chi connectivity index (χ0n) is 52.1. The summed E-state index contributed by atoms with van der Waals surface area (Å²) in [5.74, 6) is -0.557. The SMILES string of the molecule is CC/C=C\C/C=C\C/C=C\C/C=C\C/C=C\C/C=C\CCCCC(=O)NC(COP(=O)(O)OCC[N+](C)(C)C)C(/C=C/CCCCCCCCCCC)OC(=O)CCCCCCCCCCCCC/C=C/CCCCCCCC. The van der Waals surface area contributed by atoms with Crippen LogP contribution in [0.25, 0.3) is 0 Å². The largest absolute Gasteiger partial charge is 0.472 e. The molecule has 2 N–H and O–H groups in total. The fraction of sp³-hybridized carbons (Fsp3) is 0.739. The molecule has 0 aromatic rings. The van der Waals surface area contributed by atoms with Crippen molar-refractivity contribution < 1.29 is 37.3 Å². The van der Waals surface area contributed by atoms with E-state index in [1.165, 1.54) is 148 Å². The first-order chi connectivity index (χ1) is 38.4. The van der Waals surface area contributed by atoms with Crippen LogP contribution in [0.4, 0.5) is 0 Å². The first kappa shape index (κ1) is 75.9. The fourth-order valence-electron chi connectivity index (χ4n) is 9.00. The number of hydrogen-bond acceptors (Lipinski definition) is 6. The number of phosphoric acid groups is 1. The van der Waals surface area contributed by atoms with E-state index in [1.54, 1.807) is 0 Å². The Balaban J connectivity index is 5.23. The molecule has 0 fully saturated rings. The summed E-state index contributed by atoms with van der Waals surface area (Å²) in [4.78, 5) is 37.7. The number of esters is 1. The van der Waals surface area contributed by atoms with Gasteiger partial charge in [0.1, 0.15) is 19.3 Å². The van der Waals surface area contributed by atoms with Gasteiger partial charge in [-0.05, 0) is 109 Å². The van der Waals surface area contributed by atoms with Crippen molar-refractivity contribution in [2.45, 2.75) is 290 Å². The summed E-state index contributed by atoms with van der Waals surface area (Å²) in [6.45, 7) is 6.86. The van der Waals surface area contributed by atoms with E-state index in [-0.39, 0.29) is 37.9 Å². The van der Waals surface area contributed by atoms with Crippen molar-refractivity contribution in [3.63, 3.8) is 0 Å². The van der Waals surface area contributed by atoms with Gasteiger partial charge in [-0.2, -0.15) is 0 Å². The monoisotopic (exact) mass is 1120 g/mol. The number of nitrogens with one attached hydrogen (secondary N) is 1. The number of phosphoric ester groups is 1. The second-order valence-corrected chi connectivity index (χ2v) is 24.4. The van der Waals surface area contributed by atoms with Crippen molar-refractivity contribution in [1.29, 1.82) is 0 Å². The molecule has 1 amide bonds. The van der Waals surface area contributed by atoms with Crippen LogP contribution in [0.5, 0.6) is 0 Å². The predicted molar refractivity (Wildman–Crippen MR) is 341 cm³/mol. The van der Waals surface area contributed by atoms with E-state index in [0.717, 1.165) is 89.9 Å². The molecule has 0 aliphatic rings. The van der Waals surface area contributed by atoms with Crippen LogP contribution in [-0.2, 0) is 27.9 Å². The van der Waals surface area contributed by atoms with Crippen molar-refractivity contribution >= 4 is 19.7 Å². The maximum absolute atomic E-state index is 13.5. The molecule has 0 aliphatic carbocycles. The minimum atomic E-state index is -4.47. The maximum atomic E-state index is 13.5. The molecule has 0 radical (unpaired) electrons. The molecule has 0 aliphatic heterocycles. The number of amides is 1. The van der Waals surface area contributed by atoms with Gasteiger partial charge >= 0.3 is 13.8 Å². The first-order valence-corrected chi connectivity index (χ1v) is 34.1. The smallest absolute Gasteiger partial charge is 0.456 e. The number of quaternary nitrogens is 1. The van der Waals surface area contributed by atoms with Gasteiger partial charge in [0.05, 0.1) is 33.8 Å². The standard InChI is InChI=1S/C69H123N2O7P/c1-7-10-13-16-19-22-25-27-29-31-33-35-37-39-41-43-46-49-52-55-58-61-68(72)70-66(65-77-79(74,75)76-64-63-71(4,5)6)67(60-57-54-51-48-45-24-21-18-15-12-9-3)78-69(73)62-59-56-53-50-47-44-42-40-38-36-34-32-30-28-26-23-20-17-14-11-8-2/h10,13,19,22,27-30,33,35,39,41,46,49,57,60,66-67H,7-9,11-12,14-18,20-21,23-26,31-32,34,36-38,40,42-45,47-48,50-56,58-59,61-65H2,1-6H3,(H-,70,72,74,75)/p+1/b13-10-,22-19-,29-27-,30-28+,35-33-,41-39-,49-46-,60-57+. The summed E-state index contributed by atoms with van der Waals surface area (Å²) < 4.78 is 30.7. The Hall–Kier alpha value is -3.07. The molecule has 9 nitrogen and oxygen atoms in total. The highest BCUT2D eigenvalue weighted by Crippen LogP contribution is 2.43. The summed E-state index contributed by atoms with van der Waals surface area (Å²) in [7, 11) is 1.46. The highest BCUT2D eigenvalue weighted by Gasteiger charge is 2.30. The van der Waals surface area contributed by atoms with Crippen LogP contribution in [0.1, 0.15) is 278 Å². The lowest BCUT2D eigenvalue weighted by Crippen LogP contribution is -2.47. The number of allylic oxidation sites excluding steroid dienone is 15. The Kier molecular flexibility index (Phi) is 55.9. The van der Waals surface area contributed by atoms with Crippen LogP contribution < -0.4 is 5.32 Å². The molecule has 0 aromatic heterocycles. The molecule has 0 aromatic carbocycles. The predicted octanol–water partition coefficient (Wildman–Crippen LogP) is 20.3. The molecule has 0 saturated carbocycles. The Morgan fingerprint density at radius 1 is 0.456 bits per heavy atom. The third kappa shape index (κ3) is 59.4. The van der Waals surface area contributed by atoms with E-state index in [1.807, 2.05) is 33.3 Å². The lowest BCUT2D eigenvalue weighted by Gasteiger charge is -2.27. The second kappa shape index (κ2) is 58.1. The number of carbonyl (C=O) groups is 2. The number of likely N-dealkylation sites (N-methyl/N-ethyl adjacent to an activating group) is 1. The van der Waals surface area contributed by atoms with E-state index in [0.29, 0.717) is 17.4 Å². The van der Waals surface area contributed by atoms with E-state index in [2.05, 4.69) is 111 Å². The van der Waals surface area contributed by atoms with Crippen LogP contribution in [0.3, 0.4) is 0 Å². The first-order valence-electron chi connectivity index (χ1n) is 32.6. The zero-order valence-corrected chi connectivity index (χ0v) is 53.0. The molecule has 10 heteroatoms. The van der Waals surface area contributed by atoms with E-state index in [4.69, 9.17) is 13.8 Å². The number of carbonyl (C=O) groups excluding carboxylic acids is 2. The van der Waals surface area contributed by atoms with Gasteiger partial charge in [-0.25, -0.2) is 4.57 Å². The lowest BCUT2D eigenvalue weighted by atomic mass is 10.0. The fourth-order valence-corrected chi connectivity index (χ4v) is 9.73. The Morgan fingerprint density at radius 3 is 1.24 bits per heavy atom. The van der Waals surface area contributed by atoms with Gasteiger partial charge in [-0.1, -0.05) is 253 Å². The number of nitrogens with zero attached hydrogens (tertiary/aromatic N) is 1. The molecule has 0 heterocycles. The van der Waals surface area contributed by atoms with Crippen molar-refractivity contribution in [3.8, 4) is 0 Å². The topological polar surface area (TPSA) is 111 Å². The summed E-state index contributed by atoms with van der Waals surface area (Å²) in [5.41, 5.74) is 0. The number of unbranched alkanes of at least 4 members (excludes halogenated alkanes) is 28.